The zero-order valence-electron chi connectivity index (χ0n) is 18.2. The van der Waals surface area contributed by atoms with Crippen molar-refractivity contribution in [3.05, 3.63) is 23.8 Å². The predicted octanol–water partition coefficient (Wildman–Crippen LogP) is 4.98. The minimum absolute atomic E-state index is 0.105. The number of carbonyl (C=O) groups is 4. The molecule has 1 heterocycles. The highest BCUT2D eigenvalue weighted by Crippen LogP contribution is 2.28. The molecule has 166 valence electrons. The molecule has 0 N–H and O–H groups in total. The van der Waals surface area contributed by atoms with Crippen LogP contribution in [0.4, 0.5) is 0 Å². The molecule has 1 fully saturated rings. The van der Waals surface area contributed by atoms with Crippen molar-refractivity contribution in [2.24, 2.45) is 5.92 Å². The van der Waals surface area contributed by atoms with E-state index in [1.807, 2.05) is 6.08 Å². The minimum Gasteiger partial charge on any atom is -0.330 e. The number of unbranched alkanes of at least 4 members (excludes halogenated alkanes) is 8. The second kappa shape index (κ2) is 13.1. The molecule has 1 atom stereocenters. The first-order chi connectivity index (χ1) is 14.5. The molecule has 6 nitrogen and oxygen atoms in total. The Morgan fingerprint density at radius 1 is 1.00 bits per heavy atom. The van der Waals surface area contributed by atoms with Crippen LogP contribution in [0.3, 0.4) is 0 Å². The van der Waals surface area contributed by atoms with Crippen molar-refractivity contribution in [1.82, 2.24) is 5.06 Å². The molecule has 2 amide bonds. The Morgan fingerprint density at radius 3 is 2.40 bits per heavy atom. The molecule has 1 aliphatic heterocycles. The lowest BCUT2D eigenvalue weighted by atomic mass is 9.94. The first-order valence-electron chi connectivity index (χ1n) is 11.5. The highest BCUT2D eigenvalue weighted by molar-refractivity contribution is 6.07. The van der Waals surface area contributed by atoms with Crippen LogP contribution in [0.1, 0.15) is 96.8 Å². The van der Waals surface area contributed by atoms with Crippen molar-refractivity contribution in [2.45, 2.75) is 96.8 Å². The first-order valence-corrected chi connectivity index (χ1v) is 11.5. The van der Waals surface area contributed by atoms with Gasteiger partial charge in [-0.2, -0.15) is 0 Å². The molecule has 0 saturated carbocycles. The fourth-order valence-electron chi connectivity index (χ4n) is 3.89. The van der Waals surface area contributed by atoms with Gasteiger partial charge in [0.2, 0.25) is 0 Å². The Morgan fingerprint density at radius 2 is 1.67 bits per heavy atom. The van der Waals surface area contributed by atoms with Crippen LogP contribution < -0.4 is 0 Å². The third-order valence-corrected chi connectivity index (χ3v) is 5.68. The smallest absolute Gasteiger partial charge is 0.330 e. The summed E-state index contributed by atoms with van der Waals surface area (Å²) in [6, 6.07) is 0. The Hall–Kier alpha value is -2.24. The van der Waals surface area contributed by atoms with Crippen LogP contribution in [0.5, 0.6) is 0 Å². The van der Waals surface area contributed by atoms with Crippen molar-refractivity contribution in [3.8, 4) is 0 Å². The molecule has 6 heteroatoms. The van der Waals surface area contributed by atoms with Gasteiger partial charge in [-0.05, 0) is 31.8 Å². The first kappa shape index (κ1) is 24.0. The highest BCUT2D eigenvalue weighted by Gasteiger charge is 2.32. The average Bonchev–Trinajstić information content (AvgIpc) is 3.23. The van der Waals surface area contributed by atoms with Gasteiger partial charge in [0.1, 0.15) is 0 Å². The van der Waals surface area contributed by atoms with Gasteiger partial charge in [0.05, 0.1) is 0 Å². The van der Waals surface area contributed by atoms with Gasteiger partial charge in [-0.3, -0.25) is 14.4 Å². The fraction of sp³-hybridized carbons (Fsp3) is 0.667. The molecular weight excluding hydrogens is 382 g/mol. The molecule has 1 saturated heterocycles. The maximum atomic E-state index is 12.1. The van der Waals surface area contributed by atoms with Crippen LogP contribution in [-0.2, 0) is 24.0 Å². The maximum Gasteiger partial charge on any atom is 0.333 e. The molecule has 0 aromatic rings. The Labute approximate surface area is 179 Å². The molecule has 30 heavy (non-hydrogen) atoms. The number of amides is 2. The highest BCUT2D eigenvalue weighted by atomic mass is 16.7. The molecule has 0 aromatic heterocycles. The lowest BCUT2D eigenvalue weighted by Gasteiger charge is -2.12. The van der Waals surface area contributed by atoms with Gasteiger partial charge in [-0.1, -0.05) is 64.0 Å². The number of rotatable bonds is 14. The van der Waals surface area contributed by atoms with Crippen LogP contribution in [0.2, 0.25) is 0 Å². The summed E-state index contributed by atoms with van der Waals surface area (Å²) in [5, 5.41) is 0.593. The van der Waals surface area contributed by atoms with Crippen LogP contribution in [0.15, 0.2) is 23.8 Å². The van der Waals surface area contributed by atoms with Gasteiger partial charge in [0.25, 0.3) is 11.8 Å². The summed E-state index contributed by atoms with van der Waals surface area (Å²) in [7, 11) is 0. The number of ketones is 1. The van der Waals surface area contributed by atoms with E-state index in [-0.39, 0.29) is 31.0 Å². The van der Waals surface area contributed by atoms with Crippen molar-refractivity contribution in [3.63, 3.8) is 0 Å². The summed E-state index contributed by atoms with van der Waals surface area (Å²) in [6.45, 7) is 2.22. The molecule has 0 unspecified atom stereocenters. The van der Waals surface area contributed by atoms with Gasteiger partial charge in [-0.25, -0.2) is 4.79 Å². The lowest BCUT2D eigenvalue weighted by Crippen LogP contribution is -2.31. The summed E-state index contributed by atoms with van der Waals surface area (Å²) in [6.07, 6.45) is 17.9. The molecule has 1 aliphatic carbocycles. The molecule has 0 spiro atoms. The van der Waals surface area contributed by atoms with Gasteiger partial charge >= 0.3 is 5.97 Å². The zero-order valence-corrected chi connectivity index (χ0v) is 18.2. The number of carbonyl (C=O) groups excluding carboxylic acids is 4. The number of imide groups is 1. The van der Waals surface area contributed by atoms with E-state index < -0.39 is 17.8 Å². The van der Waals surface area contributed by atoms with E-state index in [4.69, 9.17) is 4.84 Å². The number of hydrogen-bond donors (Lipinski definition) is 0. The van der Waals surface area contributed by atoms with E-state index in [2.05, 4.69) is 13.0 Å². The number of hydrogen-bond acceptors (Lipinski definition) is 5. The normalized spacial score (nSPS) is 20.0. The zero-order chi connectivity index (χ0) is 21.8. The SMILES string of the molecule is CCCCCCCC[C@H]1C=CC(=O)/C1=C/CCCCCC(=O)ON1C(=O)CCC1=O. The van der Waals surface area contributed by atoms with Crippen LogP contribution in [-0.4, -0.2) is 28.6 Å². The van der Waals surface area contributed by atoms with E-state index in [1.54, 1.807) is 6.08 Å². The van der Waals surface area contributed by atoms with Crippen LogP contribution >= 0.6 is 0 Å². The molecule has 0 radical (unpaired) electrons. The summed E-state index contributed by atoms with van der Waals surface area (Å²) < 4.78 is 0. The second-order valence-corrected chi connectivity index (χ2v) is 8.19. The monoisotopic (exact) mass is 417 g/mol. The quantitative estimate of drug-likeness (QED) is 0.226. The van der Waals surface area contributed by atoms with E-state index in [1.165, 1.54) is 32.1 Å². The molecular formula is C24H35NO5. The summed E-state index contributed by atoms with van der Waals surface area (Å²) in [5.74, 6) is -1.06. The van der Waals surface area contributed by atoms with E-state index >= 15 is 0 Å². The number of hydroxylamine groups is 2. The molecule has 0 bridgehead atoms. The Bertz CT molecular complexity index is 663. The third kappa shape index (κ3) is 7.88. The lowest BCUT2D eigenvalue weighted by molar-refractivity contribution is -0.197. The number of allylic oxidation sites excluding steroid dienone is 4. The van der Waals surface area contributed by atoms with Crippen molar-refractivity contribution in [2.75, 3.05) is 0 Å². The standard InChI is InChI=1S/C24H35NO5/c1-2-3-4-5-6-9-12-19-15-16-21(26)20(19)13-10-7-8-11-14-24(29)30-25-22(27)17-18-23(25)28/h13,15-16,19H,2-12,14,17-18H2,1H3/b20-13+/t19-/m0/s1. The molecule has 2 rings (SSSR count). The van der Waals surface area contributed by atoms with Gasteiger partial charge in [0, 0.05) is 30.8 Å². The van der Waals surface area contributed by atoms with Gasteiger partial charge in [-0.15, -0.1) is 5.06 Å². The van der Waals surface area contributed by atoms with Crippen molar-refractivity contribution in [1.29, 1.82) is 0 Å². The van der Waals surface area contributed by atoms with E-state index in [0.29, 0.717) is 11.5 Å². The van der Waals surface area contributed by atoms with Crippen molar-refractivity contribution >= 4 is 23.6 Å². The Balaban J connectivity index is 1.59. The third-order valence-electron chi connectivity index (χ3n) is 5.68. The van der Waals surface area contributed by atoms with Crippen LogP contribution in [0.25, 0.3) is 0 Å². The van der Waals surface area contributed by atoms with Gasteiger partial charge < -0.3 is 4.84 Å². The largest absolute Gasteiger partial charge is 0.333 e. The Kier molecular flexibility index (Phi) is 10.5. The summed E-state index contributed by atoms with van der Waals surface area (Å²) in [4.78, 5) is 51.6. The van der Waals surface area contributed by atoms with E-state index in [9.17, 15) is 19.2 Å². The number of nitrogens with zero attached hydrogens (tertiary/aromatic N) is 1. The molecule has 0 aromatic carbocycles. The van der Waals surface area contributed by atoms with Crippen molar-refractivity contribution < 1.29 is 24.0 Å². The predicted molar refractivity (Wildman–Crippen MR) is 114 cm³/mol. The maximum absolute atomic E-state index is 12.1. The summed E-state index contributed by atoms with van der Waals surface area (Å²) >= 11 is 0. The summed E-state index contributed by atoms with van der Waals surface area (Å²) in [5.41, 5.74) is 0.925. The average molecular weight is 418 g/mol. The molecule has 2 aliphatic rings. The second-order valence-electron chi connectivity index (χ2n) is 8.19. The minimum atomic E-state index is -0.550. The topological polar surface area (TPSA) is 80.8 Å². The van der Waals surface area contributed by atoms with Crippen LogP contribution in [0, 0.1) is 5.92 Å². The van der Waals surface area contributed by atoms with Gasteiger partial charge in [0.15, 0.2) is 5.78 Å². The van der Waals surface area contributed by atoms with E-state index in [0.717, 1.165) is 37.7 Å². The fourth-order valence-corrected chi connectivity index (χ4v) is 3.89.